The Morgan fingerprint density at radius 2 is 1.03 bits per heavy atom. The Morgan fingerprint density at radius 1 is 0.613 bits per heavy atom. The molecule has 5 atom stereocenters. The third-order valence-electron chi connectivity index (χ3n) is 4.34. The molecule has 0 saturated heterocycles. The number of esters is 5. The van der Waals surface area contributed by atoms with Gasteiger partial charge in [0.15, 0.2) is 18.3 Å². The van der Waals surface area contributed by atoms with E-state index in [4.69, 9.17) is 23.7 Å². The average Bonchev–Trinajstić information content (AvgIpc) is 2.66. The molecule has 31 heavy (non-hydrogen) atoms. The van der Waals surface area contributed by atoms with E-state index < -0.39 is 60.4 Å². The zero-order chi connectivity index (χ0) is 23.1. The minimum Gasteiger partial charge on any atom is -0.458 e. The molecule has 0 N–H and O–H groups in total. The van der Waals surface area contributed by atoms with E-state index >= 15 is 0 Å². The first-order valence-electron chi connectivity index (χ1n) is 9.53. The maximum Gasteiger partial charge on any atom is 0.338 e. The number of carbonyl (C=O) groups is 5. The first-order chi connectivity index (χ1) is 14.6. The summed E-state index contributed by atoms with van der Waals surface area (Å²) in [6, 6.07) is 8.06. The summed E-state index contributed by atoms with van der Waals surface area (Å²) < 4.78 is 26.6. The smallest absolute Gasteiger partial charge is 0.338 e. The van der Waals surface area contributed by atoms with Gasteiger partial charge in [0.1, 0.15) is 12.2 Å². The number of hydrogen-bond acceptors (Lipinski definition) is 10. The van der Waals surface area contributed by atoms with Crippen molar-refractivity contribution < 1.29 is 47.7 Å². The molecule has 0 heterocycles. The standard InChI is InChI=1S/C21H24O10/c1-11(22)27-16-10-17(31-21(26)15-8-6-5-7-9-15)19(29-13(3)24)20(30-14(4)25)18(16)28-12(2)23/h5-9,16-20H,10H2,1-4H3/t16-,17+,18+,19-,20+/m1/s1. The minimum atomic E-state index is -1.38. The molecular formula is C21H24O10. The van der Waals surface area contributed by atoms with E-state index in [1.165, 1.54) is 12.1 Å². The Labute approximate surface area is 178 Å². The van der Waals surface area contributed by atoms with Gasteiger partial charge in [-0.3, -0.25) is 19.2 Å². The van der Waals surface area contributed by atoms with Gasteiger partial charge >= 0.3 is 29.8 Å². The maximum absolute atomic E-state index is 12.6. The van der Waals surface area contributed by atoms with Gasteiger partial charge in [0.2, 0.25) is 0 Å². The van der Waals surface area contributed by atoms with Gasteiger partial charge in [-0.25, -0.2) is 4.79 Å². The summed E-state index contributed by atoms with van der Waals surface area (Å²) in [7, 11) is 0. The fourth-order valence-electron chi connectivity index (χ4n) is 3.33. The van der Waals surface area contributed by atoms with Crippen molar-refractivity contribution >= 4 is 29.8 Å². The zero-order valence-electron chi connectivity index (χ0n) is 17.6. The van der Waals surface area contributed by atoms with Crippen LogP contribution in [0.3, 0.4) is 0 Å². The SMILES string of the molecule is CC(=O)O[C@H]1[C@@H](OC(C)=O)[C@H](OC(C)=O)C[C@H](OC(=O)c2ccccc2)[C@H]1OC(C)=O. The molecule has 1 aromatic carbocycles. The van der Waals surface area contributed by atoms with E-state index in [2.05, 4.69) is 0 Å². The van der Waals surface area contributed by atoms with E-state index in [1.54, 1.807) is 18.2 Å². The van der Waals surface area contributed by atoms with E-state index in [-0.39, 0.29) is 12.0 Å². The van der Waals surface area contributed by atoms with Crippen molar-refractivity contribution in [1.29, 1.82) is 0 Å². The lowest BCUT2D eigenvalue weighted by atomic mass is 9.86. The van der Waals surface area contributed by atoms with Crippen LogP contribution in [0, 0.1) is 0 Å². The predicted octanol–water partition coefficient (Wildman–Crippen LogP) is 1.34. The van der Waals surface area contributed by atoms with Gasteiger partial charge in [0.05, 0.1) is 5.56 Å². The zero-order valence-corrected chi connectivity index (χ0v) is 17.6. The van der Waals surface area contributed by atoms with Crippen LogP contribution in [0.15, 0.2) is 30.3 Å². The van der Waals surface area contributed by atoms with Crippen molar-refractivity contribution in [2.24, 2.45) is 0 Å². The second-order valence-electron chi connectivity index (χ2n) is 6.92. The predicted molar refractivity (Wildman–Crippen MR) is 102 cm³/mol. The summed E-state index contributed by atoms with van der Waals surface area (Å²) in [6.07, 6.45) is -6.39. The van der Waals surface area contributed by atoms with E-state index in [9.17, 15) is 24.0 Å². The molecule has 168 valence electrons. The van der Waals surface area contributed by atoms with Crippen LogP contribution in [-0.4, -0.2) is 60.4 Å². The lowest BCUT2D eigenvalue weighted by Crippen LogP contribution is -2.61. The van der Waals surface area contributed by atoms with Gasteiger partial charge in [-0.2, -0.15) is 0 Å². The second kappa shape index (κ2) is 10.6. The Hall–Kier alpha value is -3.43. The summed E-state index contributed by atoms with van der Waals surface area (Å²) in [5.74, 6) is -3.66. The van der Waals surface area contributed by atoms with E-state index in [0.29, 0.717) is 0 Å². The van der Waals surface area contributed by atoms with Crippen LogP contribution < -0.4 is 0 Å². The summed E-state index contributed by atoms with van der Waals surface area (Å²) in [4.78, 5) is 59.3. The van der Waals surface area contributed by atoms with Crippen LogP contribution in [0.5, 0.6) is 0 Å². The van der Waals surface area contributed by atoms with Gasteiger partial charge < -0.3 is 23.7 Å². The molecule has 10 nitrogen and oxygen atoms in total. The molecule has 0 spiro atoms. The second-order valence-corrected chi connectivity index (χ2v) is 6.92. The minimum absolute atomic E-state index is 0.161. The van der Waals surface area contributed by atoms with Crippen LogP contribution in [0.25, 0.3) is 0 Å². The number of carbonyl (C=O) groups excluding carboxylic acids is 5. The highest BCUT2D eigenvalue weighted by Gasteiger charge is 2.53. The summed E-state index contributed by atoms with van der Waals surface area (Å²) in [5.41, 5.74) is 0.235. The highest BCUT2D eigenvalue weighted by Crippen LogP contribution is 2.32. The van der Waals surface area contributed by atoms with Gasteiger partial charge in [-0.1, -0.05) is 18.2 Å². The molecule has 1 aliphatic carbocycles. The maximum atomic E-state index is 12.6. The molecule has 1 saturated carbocycles. The van der Waals surface area contributed by atoms with E-state index in [1.807, 2.05) is 0 Å². The number of ether oxygens (including phenoxy) is 5. The Morgan fingerprint density at radius 3 is 1.48 bits per heavy atom. The molecular weight excluding hydrogens is 412 g/mol. The third kappa shape index (κ3) is 6.80. The monoisotopic (exact) mass is 436 g/mol. The summed E-state index contributed by atoms with van der Waals surface area (Å²) in [5, 5.41) is 0. The Bertz CT molecular complexity index is 834. The van der Waals surface area contributed by atoms with Crippen molar-refractivity contribution in [2.45, 2.75) is 64.6 Å². The van der Waals surface area contributed by atoms with Gasteiger partial charge in [-0.15, -0.1) is 0 Å². The fourth-order valence-corrected chi connectivity index (χ4v) is 3.33. The molecule has 1 aromatic rings. The quantitative estimate of drug-likeness (QED) is 0.475. The van der Waals surface area contributed by atoms with Crippen molar-refractivity contribution in [3.63, 3.8) is 0 Å². The van der Waals surface area contributed by atoms with Crippen LogP contribution in [0.4, 0.5) is 0 Å². The van der Waals surface area contributed by atoms with Crippen LogP contribution in [-0.2, 0) is 42.9 Å². The molecule has 0 aliphatic heterocycles. The lowest BCUT2D eigenvalue weighted by Gasteiger charge is -2.43. The van der Waals surface area contributed by atoms with Crippen LogP contribution in [0.2, 0.25) is 0 Å². The molecule has 10 heteroatoms. The summed E-state index contributed by atoms with van der Waals surface area (Å²) >= 11 is 0. The van der Waals surface area contributed by atoms with Crippen molar-refractivity contribution in [1.82, 2.24) is 0 Å². The number of benzene rings is 1. The van der Waals surface area contributed by atoms with Crippen LogP contribution in [0.1, 0.15) is 44.5 Å². The van der Waals surface area contributed by atoms with E-state index in [0.717, 1.165) is 27.7 Å². The largest absolute Gasteiger partial charge is 0.458 e. The number of rotatable bonds is 6. The van der Waals surface area contributed by atoms with Gasteiger partial charge in [0.25, 0.3) is 0 Å². The molecule has 0 bridgehead atoms. The van der Waals surface area contributed by atoms with Crippen molar-refractivity contribution in [3.05, 3.63) is 35.9 Å². The van der Waals surface area contributed by atoms with Crippen molar-refractivity contribution in [3.8, 4) is 0 Å². The molecule has 1 fully saturated rings. The molecule has 0 radical (unpaired) electrons. The molecule has 2 rings (SSSR count). The fraction of sp³-hybridized carbons (Fsp3) is 0.476. The molecule has 1 aliphatic rings. The summed E-state index contributed by atoms with van der Waals surface area (Å²) in [6.45, 7) is 4.50. The highest BCUT2D eigenvalue weighted by molar-refractivity contribution is 5.89. The average molecular weight is 436 g/mol. The third-order valence-corrected chi connectivity index (χ3v) is 4.34. The lowest BCUT2D eigenvalue weighted by molar-refractivity contribution is -0.225. The van der Waals surface area contributed by atoms with Crippen molar-refractivity contribution in [2.75, 3.05) is 0 Å². The first-order valence-corrected chi connectivity index (χ1v) is 9.53. The molecule has 0 unspecified atom stereocenters. The normalized spacial score (nSPS) is 25.0. The highest BCUT2D eigenvalue weighted by atomic mass is 16.6. The van der Waals surface area contributed by atoms with Gasteiger partial charge in [-0.05, 0) is 12.1 Å². The molecule has 0 amide bonds. The topological polar surface area (TPSA) is 132 Å². The Kier molecular flexibility index (Phi) is 8.12. The van der Waals surface area contributed by atoms with Gasteiger partial charge in [0, 0.05) is 34.1 Å². The molecule has 0 aromatic heterocycles. The Balaban J connectivity index is 2.43. The number of hydrogen-bond donors (Lipinski definition) is 0. The first kappa shape index (κ1) is 23.8. The van der Waals surface area contributed by atoms with Crippen LogP contribution >= 0.6 is 0 Å².